The van der Waals surface area contributed by atoms with Gasteiger partial charge in [-0.1, -0.05) is 79.4 Å². The maximum atomic E-state index is 12.9. The first kappa shape index (κ1) is 24.4. The van der Waals surface area contributed by atoms with E-state index in [9.17, 15) is 4.79 Å². The van der Waals surface area contributed by atoms with Crippen molar-refractivity contribution in [3.05, 3.63) is 119 Å². The van der Waals surface area contributed by atoms with Gasteiger partial charge in [0.05, 0.1) is 13.1 Å². The lowest BCUT2D eigenvalue weighted by molar-refractivity contribution is -0.131. The molecule has 1 saturated heterocycles. The normalized spacial score (nSPS) is 13.6. The minimum atomic E-state index is 0.123. The molecule has 5 rings (SSSR count). The Kier molecular flexibility index (Phi) is 7.36. The number of amides is 1. The molecule has 0 bridgehead atoms. The van der Waals surface area contributed by atoms with Crippen LogP contribution in [0.5, 0.6) is 5.75 Å². The molecule has 37 heavy (non-hydrogen) atoms. The van der Waals surface area contributed by atoms with Crippen LogP contribution in [0.4, 0.5) is 5.82 Å². The van der Waals surface area contributed by atoms with Gasteiger partial charge in [0.25, 0.3) is 0 Å². The Morgan fingerprint density at radius 2 is 1.65 bits per heavy atom. The summed E-state index contributed by atoms with van der Waals surface area (Å²) in [6, 6.07) is 28.4. The van der Waals surface area contributed by atoms with E-state index in [0.29, 0.717) is 32.8 Å². The van der Waals surface area contributed by atoms with Gasteiger partial charge in [-0.25, -0.2) is 0 Å². The number of aryl methyl sites for hydroxylation is 1. The summed E-state index contributed by atoms with van der Waals surface area (Å²) in [6.45, 7) is 9.45. The van der Waals surface area contributed by atoms with Gasteiger partial charge < -0.3 is 14.5 Å². The van der Waals surface area contributed by atoms with Crippen LogP contribution in [-0.2, 0) is 24.5 Å². The van der Waals surface area contributed by atoms with E-state index in [4.69, 9.17) is 9.84 Å². The van der Waals surface area contributed by atoms with Crippen LogP contribution >= 0.6 is 0 Å². The highest BCUT2D eigenvalue weighted by Gasteiger charge is 2.26. The van der Waals surface area contributed by atoms with Crippen LogP contribution in [0.1, 0.15) is 27.9 Å². The first-order valence-corrected chi connectivity index (χ1v) is 12.6. The van der Waals surface area contributed by atoms with Gasteiger partial charge in [0.15, 0.2) is 5.82 Å². The molecule has 1 amide bonds. The Labute approximate surface area is 218 Å². The molecular weight excluding hydrogens is 460 g/mol. The molecule has 0 spiro atoms. The van der Waals surface area contributed by atoms with Gasteiger partial charge in [0.2, 0.25) is 5.91 Å². The van der Waals surface area contributed by atoms with Gasteiger partial charge in [-0.15, -0.1) is 0 Å². The van der Waals surface area contributed by atoms with Crippen LogP contribution in [0.25, 0.3) is 6.08 Å². The number of piperazine rings is 1. The summed E-state index contributed by atoms with van der Waals surface area (Å²) in [6.07, 6.45) is 1.84. The molecule has 1 fully saturated rings. The van der Waals surface area contributed by atoms with Crippen molar-refractivity contribution in [1.82, 2.24) is 14.7 Å². The maximum absolute atomic E-state index is 12.9. The molecule has 4 aromatic rings. The third-order valence-electron chi connectivity index (χ3n) is 6.70. The smallest absolute Gasteiger partial charge is 0.242 e. The number of ether oxygens (including phenoxy) is 1. The second kappa shape index (κ2) is 11.2. The molecule has 6 nitrogen and oxygen atoms in total. The highest BCUT2D eigenvalue weighted by Crippen LogP contribution is 2.25. The van der Waals surface area contributed by atoms with Gasteiger partial charge in [0.1, 0.15) is 12.4 Å². The minimum absolute atomic E-state index is 0.123. The predicted octanol–water partition coefficient (Wildman–Crippen LogP) is 5.31. The molecule has 0 atom stereocenters. The number of benzene rings is 3. The van der Waals surface area contributed by atoms with E-state index in [1.165, 1.54) is 0 Å². The highest BCUT2D eigenvalue weighted by molar-refractivity contribution is 5.82. The molecule has 1 aromatic heterocycles. The quantitative estimate of drug-likeness (QED) is 0.318. The lowest BCUT2D eigenvalue weighted by Crippen LogP contribution is -2.50. The second-order valence-electron chi connectivity index (χ2n) is 9.37. The van der Waals surface area contributed by atoms with Crippen molar-refractivity contribution in [2.45, 2.75) is 26.6 Å². The van der Waals surface area contributed by atoms with Crippen molar-refractivity contribution >= 4 is 17.8 Å². The molecule has 0 aliphatic carbocycles. The molecule has 0 N–H and O–H groups in total. The largest absolute Gasteiger partial charge is 0.489 e. The zero-order chi connectivity index (χ0) is 25.6. The monoisotopic (exact) mass is 492 g/mol. The fraction of sp³-hybridized carbons (Fsp3) is 0.226. The molecular formula is C31H32N4O2. The average molecular weight is 493 g/mol. The molecule has 188 valence electrons. The number of carbonyl (C=O) groups excluding carboxylic acids is 1. The predicted molar refractivity (Wildman–Crippen MR) is 147 cm³/mol. The van der Waals surface area contributed by atoms with Crippen LogP contribution in [0, 0.1) is 6.92 Å². The highest BCUT2D eigenvalue weighted by atomic mass is 16.5. The van der Waals surface area contributed by atoms with Gasteiger partial charge >= 0.3 is 0 Å². The number of carbonyl (C=O) groups is 1. The summed E-state index contributed by atoms with van der Waals surface area (Å²) >= 11 is 0. The summed E-state index contributed by atoms with van der Waals surface area (Å²) in [4.78, 5) is 16.9. The SMILES string of the molecule is C=Cc1ccc(OCc2ccccc2)c(Cn2nc(N3CCN(Cc4ccccc4)C(=O)C3)cc2C)c1. The van der Waals surface area contributed by atoms with Crippen LogP contribution in [0.3, 0.4) is 0 Å². The number of anilines is 1. The van der Waals surface area contributed by atoms with Crippen molar-refractivity contribution in [3.8, 4) is 5.75 Å². The molecule has 0 radical (unpaired) electrons. The van der Waals surface area contributed by atoms with E-state index < -0.39 is 0 Å². The molecule has 6 heteroatoms. The van der Waals surface area contributed by atoms with E-state index in [0.717, 1.165) is 46.1 Å². The number of hydrogen-bond acceptors (Lipinski definition) is 4. The Morgan fingerprint density at radius 1 is 0.919 bits per heavy atom. The average Bonchev–Trinajstić information content (AvgIpc) is 3.30. The Balaban J connectivity index is 1.28. The van der Waals surface area contributed by atoms with Crippen molar-refractivity contribution in [2.75, 3.05) is 24.5 Å². The summed E-state index contributed by atoms with van der Waals surface area (Å²) < 4.78 is 8.18. The first-order chi connectivity index (χ1) is 18.1. The van der Waals surface area contributed by atoms with Crippen molar-refractivity contribution in [3.63, 3.8) is 0 Å². The zero-order valence-corrected chi connectivity index (χ0v) is 21.2. The van der Waals surface area contributed by atoms with E-state index >= 15 is 0 Å². The number of hydrogen-bond donors (Lipinski definition) is 0. The maximum Gasteiger partial charge on any atom is 0.242 e. The topological polar surface area (TPSA) is 50.6 Å². The second-order valence-corrected chi connectivity index (χ2v) is 9.37. The molecule has 3 aromatic carbocycles. The summed E-state index contributed by atoms with van der Waals surface area (Å²) in [5.74, 6) is 1.78. The van der Waals surface area contributed by atoms with E-state index in [-0.39, 0.29) is 5.91 Å². The van der Waals surface area contributed by atoms with Crippen LogP contribution in [0.15, 0.2) is 91.5 Å². The van der Waals surface area contributed by atoms with Gasteiger partial charge in [-0.2, -0.15) is 5.10 Å². The van der Waals surface area contributed by atoms with Crippen molar-refractivity contribution < 1.29 is 9.53 Å². The first-order valence-electron chi connectivity index (χ1n) is 12.6. The van der Waals surface area contributed by atoms with E-state index in [2.05, 4.69) is 47.9 Å². The Hall–Kier alpha value is -4.32. The minimum Gasteiger partial charge on any atom is -0.489 e. The van der Waals surface area contributed by atoms with Gasteiger partial charge in [-0.05, 0) is 35.7 Å². The third kappa shape index (κ3) is 5.92. The fourth-order valence-electron chi connectivity index (χ4n) is 4.57. The van der Waals surface area contributed by atoms with Crippen LogP contribution in [-0.4, -0.2) is 40.2 Å². The van der Waals surface area contributed by atoms with Crippen molar-refractivity contribution in [1.29, 1.82) is 0 Å². The molecule has 1 aliphatic heterocycles. The zero-order valence-electron chi connectivity index (χ0n) is 21.2. The summed E-state index contributed by atoms with van der Waals surface area (Å²) in [7, 11) is 0. The molecule has 1 aliphatic rings. The standard InChI is InChI=1S/C31H32N4O2/c1-3-25-14-15-29(37-23-27-12-8-5-9-13-27)28(19-25)21-35-24(2)18-30(32-35)33-16-17-34(31(36)22-33)20-26-10-6-4-7-11-26/h3-15,18-19H,1,16-17,20-23H2,2H3. The number of aromatic nitrogens is 2. The van der Waals surface area contributed by atoms with Crippen molar-refractivity contribution in [2.24, 2.45) is 0 Å². The summed E-state index contributed by atoms with van der Waals surface area (Å²) in [5, 5.41) is 4.88. The number of rotatable bonds is 9. The van der Waals surface area contributed by atoms with E-state index in [1.807, 2.05) is 71.1 Å². The lowest BCUT2D eigenvalue weighted by atomic mass is 10.1. The van der Waals surface area contributed by atoms with Gasteiger partial charge in [0, 0.05) is 37.0 Å². The molecule has 0 unspecified atom stereocenters. The Morgan fingerprint density at radius 3 is 2.35 bits per heavy atom. The van der Waals surface area contributed by atoms with Crippen LogP contribution in [0.2, 0.25) is 0 Å². The third-order valence-corrected chi connectivity index (χ3v) is 6.70. The fourth-order valence-corrected chi connectivity index (χ4v) is 4.57. The van der Waals surface area contributed by atoms with Gasteiger partial charge in [-0.3, -0.25) is 9.48 Å². The van der Waals surface area contributed by atoms with Crippen LogP contribution < -0.4 is 9.64 Å². The van der Waals surface area contributed by atoms with E-state index in [1.54, 1.807) is 0 Å². The summed E-state index contributed by atoms with van der Waals surface area (Å²) in [5.41, 5.74) is 5.38. The Bertz CT molecular complexity index is 1360. The lowest BCUT2D eigenvalue weighted by Gasteiger charge is -2.34. The molecule has 0 saturated carbocycles. The molecule has 2 heterocycles. The number of nitrogens with zero attached hydrogens (tertiary/aromatic N) is 4.